The molecule has 0 unspecified atom stereocenters. The Hall–Kier alpha value is -1.12. The van der Waals surface area contributed by atoms with E-state index in [4.69, 9.17) is 18.9 Å². The zero-order chi connectivity index (χ0) is 28.4. The normalized spacial score (nSPS) is 10.9. The van der Waals surface area contributed by atoms with Crippen LogP contribution in [0.1, 0.15) is 52.7 Å². The number of rotatable bonds is 6. The molecule has 0 atom stereocenters. The molecule has 0 aliphatic rings. The van der Waals surface area contributed by atoms with Gasteiger partial charge in [0.05, 0.1) is 51.4 Å². The number of hydrogen-bond acceptors (Lipinski definition) is 6. The Morgan fingerprint density at radius 2 is 0.889 bits per heavy atom. The number of nitrogens with zero attached hydrogens (tertiary/aromatic N) is 2. The monoisotopic (exact) mass is 722 g/mol. The molecule has 0 radical (unpaired) electrons. The summed E-state index contributed by atoms with van der Waals surface area (Å²) in [6.45, 7) is 12.3. The molecule has 2 aromatic carbocycles. The van der Waals surface area contributed by atoms with Gasteiger partial charge in [0.1, 0.15) is 0 Å². The molecule has 0 bridgehead atoms. The predicted octanol–water partition coefficient (Wildman–Crippen LogP) is 6.82. The van der Waals surface area contributed by atoms with Gasteiger partial charge < -0.3 is 28.9 Å². The molecular weight excluding hydrogens is 688 g/mol. The molecule has 0 saturated carbocycles. The molecule has 0 amide bonds. The van der Waals surface area contributed by atoms with Crippen molar-refractivity contribution in [2.45, 2.75) is 52.6 Å². The van der Waals surface area contributed by atoms with Gasteiger partial charge in [0.25, 0.3) is 0 Å². The third-order valence-corrected chi connectivity index (χ3v) is 3.86. The van der Waals surface area contributed by atoms with E-state index in [9.17, 15) is 0 Å². The minimum absolute atomic E-state index is 0.0823. The number of ether oxygens (including phenoxy) is 4. The molecule has 36 heavy (non-hydrogen) atoms. The van der Waals surface area contributed by atoms with Gasteiger partial charge in [0.2, 0.25) is 0 Å². The summed E-state index contributed by atoms with van der Waals surface area (Å²) < 4.78 is 20.7. The van der Waals surface area contributed by atoms with Gasteiger partial charge in [-0.3, -0.25) is 0 Å². The Balaban J connectivity index is 0. The van der Waals surface area contributed by atoms with Crippen LogP contribution in [0.15, 0.2) is 34.3 Å². The zero-order valence-electron chi connectivity index (χ0n) is 22.4. The number of methoxy groups -OCH3 is 4. The van der Waals surface area contributed by atoms with Crippen molar-refractivity contribution in [3.05, 3.63) is 47.5 Å². The van der Waals surface area contributed by atoms with Crippen LogP contribution < -0.4 is 18.9 Å². The molecule has 0 spiro atoms. The fraction of sp³-hybridized carbons (Fsp3) is 0.462. The number of aliphatic imine (C=N–C) groups is 2. The molecule has 10 heteroatoms. The molecule has 2 aromatic rings. The molecule has 208 valence electrons. The molecule has 2 rings (SSSR count). The number of benzene rings is 2. The van der Waals surface area contributed by atoms with Crippen molar-refractivity contribution in [1.29, 1.82) is 0 Å². The fourth-order valence-electron chi connectivity index (χ4n) is 2.26. The summed E-state index contributed by atoms with van der Waals surface area (Å²) in [7, 11) is 15.4. The Bertz CT molecular complexity index is 854. The summed E-state index contributed by atoms with van der Waals surface area (Å²) in [5.74, 6) is 2.74. The second kappa shape index (κ2) is 19.9. The SMILES string of the molecule is COc1c[c-]c(C=NC(C)(C)C)cc1OC.COc1c[c-]c(C=NC(C)(C)C)cc1OC.[Cl][Pd+].[Cl][Pd+]. The van der Waals surface area contributed by atoms with Crippen molar-refractivity contribution in [2.24, 2.45) is 9.98 Å². The average molecular weight is 724 g/mol. The Morgan fingerprint density at radius 1 is 0.611 bits per heavy atom. The summed E-state index contributed by atoms with van der Waals surface area (Å²) in [5, 5.41) is 0. The first-order valence-corrected chi connectivity index (χ1v) is 14.5. The van der Waals surface area contributed by atoms with Crippen LogP contribution in [0.2, 0.25) is 0 Å². The van der Waals surface area contributed by atoms with E-state index in [-0.39, 0.29) is 11.1 Å². The standard InChI is InChI=1S/2C13H18NO2.2ClH.2Pd/c2*1-13(2,3)14-9-10-6-7-11(15-4)12(8-10)16-5;;;;/h2*7-9H,1-5H3;2*1H;;/q2*-1;;;2*+2/p-2. The summed E-state index contributed by atoms with van der Waals surface area (Å²) in [6, 6.07) is 13.4. The average Bonchev–Trinajstić information content (AvgIpc) is 2.87. The molecule has 0 N–H and O–H groups in total. The van der Waals surface area contributed by atoms with Gasteiger partial charge in [-0.05, 0) is 41.5 Å². The van der Waals surface area contributed by atoms with Crippen LogP contribution in [0.25, 0.3) is 0 Å². The topological polar surface area (TPSA) is 61.6 Å². The van der Waals surface area contributed by atoms with Crippen molar-refractivity contribution in [2.75, 3.05) is 28.4 Å². The first-order valence-electron chi connectivity index (χ1n) is 10.5. The van der Waals surface area contributed by atoms with Crippen LogP contribution in [-0.2, 0) is 36.4 Å². The first-order chi connectivity index (χ1) is 16.9. The summed E-state index contributed by atoms with van der Waals surface area (Å²) in [4.78, 5) is 8.81. The van der Waals surface area contributed by atoms with Crippen LogP contribution in [0, 0.1) is 12.1 Å². The van der Waals surface area contributed by atoms with Crippen LogP contribution in [0.5, 0.6) is 23.0 Å². The van der Waals surface area contributed by atoms with E-state index in [1.165, 1.54) is 0 Å². The van der Waals surface area contributed by atoms with E-state index < -0.39 is 0 Å². The van der Waals surface area contributed by atoms with Gasteiger partial charge in [0, 0.05) is 11.1 Å². The molecule has 0 fully saturated rings. The first kappa shape index (κ1) is 37.0. The second-order valence-electron chi connectivity index (χ2n) is 8.91. The van der Waals surface area contributed by atoms with E-state index in [0.29, 0.717) is 23.0 Å². The van der Waals surface area contributed by atoms with E-state index in [1.54, 1.807) is 53.0 Å². The van der Waals surface area contributed by atoms with Crippen molar-refractivity contribution in [3.8, 4) is 23.0 Å². The number of halogens is 2. The van der Waals surface area contributed by atoms with Gasteiger partial charge in [0.15, 0.2) is 0 Å². The van der Waals surface area contributed by atoms with Crippen LogP contribution in [0.4, 0.5) is 0 Å². The fourth-order valence-corrected chi connectivity index (χ4v) is 2.26. The van der Waals surface area contributed by atoms with Gasteiger partial charge in [-0.25, -0.2) is 0 Å². The Kier molecular flexibility index (Phi) is 20.5. The molecule has 0 heterocycles. The second-order valence-corrected chi connectivity index (χ2v) is 8.91. The third kappa shape index (κ3) is 16.6. The third-order valence-electron chi connectivity index (χ3n) is 3.86. The van der Waals surface area contributed by atoms with E-state index >= 15 is 0 Å². The molecule has 6 nitrogen and oxygen atoms in total. The van der Waals surface area contributed by atoms with Crippen molar-refractivity contribution >= 4 is 31.5 Å². The van der Waals surface area contributed by atoms with E-state index in [0.717, 1.165) is 11.1 Å². The molecule has 0 aromatic heterocycles. The van der Waals surface area contributed by atoms with Crippen LogP contribution >= 0.6 is 19.1 Å². The maximum absolute atomic E-state index is 5.20. The van der Waals surface area contributed by atoms with Crippen LogP contribution in [-0.4, -0.2) is 51.9 Å². The van der Waals surface area contributed by atoms with Gasteiger partial charge >= 0.3 is 55.4 Å². The van der Waals surface area contributed by atoms with Gasteiger partial charge in [-0.2, -0.15) is 0 Å². The molecule has 0 aliphatic carbocycles. The zero-order valence-corrected chi connectivity index (χ0v) is 27.0. The molecule has 0 aliphatic heterocycles. The maximum atomic E-state index is 5.20. The predicted molar refractivity (Wildman–Crippen MR) is 143 cm³/mol. The Morgan fingerprint density at radius 3 is 1.11 bits per heavy atom. The minimum atomic E-state index is -0.0823. The number of hydrogen-bond donors (Lipinski definition) is 0. The van der Waals surface area contributed by atoms with Gasteiger partial charge in [-0.15, -0.1) is 35.4 Å². The molecule has 0 saturated heterocycles. The van der Waals surface area contributed by atoms with E-state index in [1.807, 2.05) is 53.7 Å². The van der Waals surface area contributed by atoms with Crippen molar-refractivity contribution in [3.63, 3.8) is 0 Å². The summed E-state index contributed by atoms with van der Waals surface area (Å²) >= 11 is 4.44. The van der Waals surface area contributed by atoms with Crippen molar-refractivity contribution in [1.82, 2.24) is 0 Å². The summed E-state index contributed by atoms with van der Waals surface area (Å²) in [6.07, 6.45) is 3.59. The Labute approximate surface area is 246 Å². The summed E-state index contributed by atoms with van der Waals surface area (Å²) in [5.41, 5.74) is 1.60. The van der Waals surface area contributed by atoms with Crippen LogP contribution in [0.3, 0.4) is 0 Å². The van der Waals surface area contributed by atoms with Gasteiger partial charge in [-0.1, -0.05) is 24.6 Å². The quantitative estimate of drug-likeness (QED) is 0.187. The van der Waals surface area contributed by atoms with Crippen molar-refractivity contribution < 1.29 is 55.3 Å². The molecular formula is C26H36Cl2N2O4Pd2. The van der Waals surface area contributed by atoms with E-state index in [2.05, 4.69) is 77.5 Å².